The van der Waals surface area contributed by atoms with Gasteiger partial charge in [-0.15, -0.1) is 0 Å². The second-order valence-corrected chi connectivity index (χ2v) is 3.76. The van der Waals surface area contributed by atoms with E-state index in [1.54, 1.807) is 0 Å². The van der Waals surface area contributed by atoms with E-state index >= 15 is 0 Å². The van der Waals surface area contributed by atoms with E-state index in [0.717, 1.165) is 25.9 Å². The molecule has 0 aromatic heterocycles. The lowest BCUT2D eigenvalue weighted by atomic mass is 10.1. The number of unbranched alkanes of at least 4 members (excludes halogenated alkanes) is 2. The van der Waals surface area contributed by atoms with Gasteiger partial charge in [0.2, 0.25) is 5.91 Å². The zero-order valence-corrected chi connectivity index (χ0v) is 8.41. The fourth-order valence-corrected chi connectivity index (χ4v) is 1.73. The maximum atomic E-state index is 11.4. The van der Waals surface area contributed by atoms with Crippen LogP contribution in [0.3, 0.4) is 0 Å². The second kappa shape index (κ2) is 5.61. The third-order valence-corrected chi connectivity index (χ3v) is 2.59. The Balaban J connectivity index is 2.19. The minimum atomic E-state index is 0.220. The monoisotopic (exact) mass is 195 g/mol. The van der Waals surface area contributed by atoms with Crippen molar-refractivity contribution in [2.75, 3.05) is 19.6 Å². The molecule has 78 valence electrons. The lowest BCUT2D eigenvalue weighted by Crippen LogP contribution is -2.27. The van der Waals surface area contributed by atoms with E-state index in [1.807, 2.05) is 4.90 Å². The highest BCUT2D eigenvalue weighted by Gasteiger charge is 2.27. The van der Waals surface area contributed by atoms with Crippen molar-refractivity contribution < 1.29 is 4.79 Å². The molecule has 0 aliphatic carbocycles. The maximum Gasteiger partial charge on any atom is 0.222 e. The minimum absolute atomic E-state index is 0.220. The highest BCUT2D eigenvalue weighted by atomic mass is 16.2. The Morgan fingerprint density at radius 3 is 2.93 bits per heavy atom. The van der Waals surface area contributed by atoms with Crippen LogP contribution in [0.2, 0.25) is 0 Å². The molecule has 0 spiro atoms. The molecule has 0 bridgehead atoms. The van der Waals surface area contributed by atoms with Crippen LogP contribution >= 0.6 is 0 Å². The van der Waals surface area contributed by atoms with E-state index in [-0.39, 0.29) is 5.91 Å². The van der Waals surface area contributed by atoms with Crippen molar-refractivity contribution in [1.29, 1.82) is 5.26 Å². The third-order valence-electron chi connectivity index (χ3n) is 2.59. The molecule has 1 atom stereocenters. The molecule has 1 fully saturated rings. The van der Waals surface area contributed by atoms with Gasteiger partial charge in [-0.2, -0.15) is 5.26 Å². The first-order chi connectivity index (χ1) is 6.77. The molecule has 4 heteroatoms. The second-order valence-electron chi connectivity index (χ2n) is 3.76. The van der Waals surface area contributed by atoms with Crippen molar-refractivity contribution in [3.8, 4) is 6.07 Å². The van der Waals surface area contributed by atoms with Gasteiger partial charge in [0, 0.05) is 25.9 Å². The van der Waals surface area contributed by atoms with Gasteiger partial charge in [-0.1, -0.05) is 0 Å². The Labute approximate surface area is 84.7 Å². The van der Waals surface area contributed by atoms with E-state index < -0.39 is 0 Å². The summed E-state index contributed by atoms with van der Waals surface area (Å²) in [6, 6.07) is 2.10. The zero-order chi connectivity index (χ0) is 10.4. The van der Waals surface area contributed by atoms with Gasteiger partial charge in [0.1, 0.15) is 0 Å². The highest BCUT2D eigenvalue weighted by molar-refractivity contribution is 5.78. The molecule has 2 N–H and O–H groups in total. The first-order valence-electron chi connectivity index (χ1n) is 5.12. The van der Waals surface area contributed by atoms with Crippen LogP contribution in [0.5, 0.6) is 0 Å². The largest absolute Gasteiger partial charge is 0.342 e. The average Bonchev–Trinajstić information content (AvgIpc) is 2.54. The molecule has 0 aromatic carbocycles. The van der Waals surface area contributed by atoms with Crippen LogP contribution in [-0.4, -0.2) is 30.4 Å². The van der Waals surface area contributed by atoms with Crippen molar-refractivity contribution in [2.24, 2.45) is 11.7 Å². The molecule has 1 unspecified atom stereocenters. The summed E-state index contributed by atoms with van der Waals surface area (Å²) in [4.78, 5) is 13.3. The van der Waals surface area contributed by atoms with Crippen LogP contribution in [0.1, 0.15) is 25.7 Å². The SMILES string of the molecule is N#CCCCCN1CC(CN)CC1=O. The van der Waals surface area contributed by atoms with Gasteiger partial charge < -0.3 is 10.6 Å². The highest BCUT2D eigenvalue weighted by Crippen LogP contribution is 2.16. The van der Waals surface area contributed by atoms with E-state index in [4.69, 9.17) is 11.0 Å². The fraction of sp³-hybridized carbons (Fsp3) is 0.800. The van der Waals surface area contributed by atoms with Gasteiger partial charge in [0.05, 0.1) is 6.07 Å². The number of nitrogens with two attached hydrogens (primary N) is 1. The van der Waals surface area contributed by atoms with Crippen LogP contribution in [0.25, 0.3) is 0 Å². The Kier molecular flexibility index (Phi) is 4.41. The number of carbonyl (C=O) groups excluding carboxylic acids is 1. The Hall–Kier alpha value is -1.08. The van der Waals surface area contributed by atoms with Crippen LogP contribution in [0.15, 0.2) is 0 Å². The van der Waals surface area contributed by atoms with Gasteiger partial charge in [-0.05, 0) is 25.3 Å². The summed E-state index contributed by atoms with van der Waals surface area (Å²) in [5.41, 5.74) is 5.51. The predicted octanol–water partition coefficient (Wildman–Crippen LogP) is 0.487. The predicted molar refractivity (Wildman–Crippen MR) is 53.2 cm³/mol. The molecule has 0 radical (unpaired) electrons. The normalized spacial score (nSPS) is 21.3. The molecule has 1 amide bonds. The molecule has 0 saturated carbocycles. The van der Waals surface area contributed by atoms with Crippen LogP contribution in [0.4, 0.5) is 0 Å². The Bertz CT molecular complexity index is 234. The third kappa shape index (κ3) is 3.00. The van der Waals surface area contributed by atoms with Crippen LogP contribution < -0.4 is 5.73 Å². The summed E-state index contributed by atoms with van der Waals surface area (Å²) in [5, 5.41) is 8.34. The molecular weight excluding hydrogens is 178 g/mol. The first-order valence-corrected chi connectivity index (χ1v) is 5.12. The number of amides is 1. The quantitative estimate of drug-likeness (QED) is 0.649. The van der Waals surface area contributed by atoms with Crippen LogP contribution in [-0.2, 0) is 4.79 Å². The smallest absolute Gasteiger partial charge is 0.222 e. The molecule has 1 rings (SSSR count). The van der Waals surface area contributed by atoms with E-state index in [9.17, 15) is 4.79 Å². The number of carbonyl (C=O) groups is 1. The number of rotatable bonds is 5. The standard InChI is InChI=1S/C10H17N3O/c11-4-2-1-3-5-13-8-9(7-12)6-10(13)14/h9H,1-3,5-8,12H2. The van der Waals surface area contributed by atoms with Crippen molar-refractivity contribution in [3.05, 3.63) is 0 Å². The number of nitrogens with zero attached hydrogens (tertiary/aromatic N) is 2. The summed E-state index contributed by atoms with van der Waals surface area (Å²) in [6.07, 6.45) is 3.00. The molecule has 14 heavy (non-hydrogen) atoms. The Morgan fingerprint density at radius 2 is 2.36 bits per heavy atom. The van der Waals surface area contributed by atoms with Gasteiger partial charge in [0.25, 0.3) is 0 Å². The Morgan fingerprint density at radius 1 is 1.57 bits per heavy atom. The molecule has 1 heterocycles. The summed E-state index contributed by atoms with van der Waals surface area (Å²) >= 11 is 0. The van der Waals surface area contributed by atoms with Crippen molar-refractivity contribution >= 4 is 5.91 Å². The summed E-state index contributed by atoms with van der Waals surface area (Å²) < 4.78 is 0. The average molecular weight is 195 g/mol. The molecule has 1 saturated heterocycles. The minimum Gasteiger partial charge on any atom is -0.342 e. The molecule has 1 aliphatic rings. The summed E-state index contributed by atoms with van der Waals surface area (Å²) in [7, 11) is 0. The van der Waals surface area contributed by atoms with E-state index in [2.05, 4.69) is 6.07 Å². The number of hydrogen-bond acceptors (Lipinski definition) is 3. The van der Waals surface area contributed by atoms with Crippen molar-refractivity contribution in [3.63, 3.8) is 0 Å². The molecule has 4 nitrogen and oxygen atoms in total. The molecule has 0 aromatic rings. The van der Waals surface area contributed by atoms with Crippen LogP contribution in [0, 0.1) is 17.2 Å². The molecular formula is C10H17N3O. The summed E-state index contributed by atoms with van der Waals surface area (Å²) in [6.45, 7) is 2.19. The number of hydrogen-bond donors (Lipinski definition) is 1. The topological polar surface area (TPSA) is 70.1 Å². The number of nitriles is 1. The van der Waals surface area contributed by atoms with E-state index in [1.165, 1.54) is 0 Å². The maximum absolute atomic E-state index is 11.4. The van der Waals surface area contributed by atoms with Gasteiger partial charge in [-0.3, -0.25) is 4.79 Å². The molecule has 1 aliphatic heterocycles. The van der Waals surface area contributed by atoms with Crippen molar-refractivity contribution in [1.82, 2.24) is 4.90 Å². The number of likely N-dealkylation sites (tertiary alicyclic amines) is 1. The zero-order valence-electron chi connectivity index (χ0n) is 8.41. The lowest BCUT2D eigenvalue weighted by Gasteiger charge is -2.15. The summed E-state index contributed by atoms with van der Waals surface area (Å²) in [5.74, 6) is 0.566. The van der Waals surface area contributed by atoms with Gasteiger partial charge >= 0.3 is 0 Å². The fourth-order valence-electron chi connectivity index (χ4n) is 1.73. The van der Waals surface area contributed by atoms with Gasteiger partial charge in [0.15, 0.2) is 0 Å². The van der Waals surface area contributed by atoms with E-state index in [0.29, 0.717) is 25.3 Å². The van der Waals surface area contributed by atoms with Gasteiger partial charge in [-0.25, -0.2) is 0 Å². The lowest BCUT2D eigenvalue weighted by molar-refractivity contribution is -0.127. The first kappa shape index (κ1) is 11.0. The van der Waals surface area contributed by atoms with Crippen molar-refractivity contribution in [2.45, 2.75) is 25.7 Å².